The van der Waals surface area contributed by atoms with Gasteiger partial charge in [-0.3, -0.25) is 9.91 Å². The van der Waals surface area contributed by atoms with Crippen LogP contribution in [0, 0.1) is 0 Å². The summed E-state index contributed by atoms with van der Waals surface area (Å²) in [4.78, 5) is 4.72. The van der Waals surface area contributed by atoms with Crippen molar-refractivity contribution < 1.29 is 0 Å². The van der Waals surface area contributed by atoms with Crippen LogP contribution in [0.4, 0.5) is 5.69 Å². The molecular formula is C26H28N4. The predicted octanol–water partition coefficient (Wildman–Crippen LogP) is 4.47. The zero-order chi connectivity index (χ0) is 20.5. The summed E-state index contributed by atoms with van der Waals surface area (Å²) in [5, 5.41) is 6.94. The van der Waals surface area contributed by atoms with E-state index in [0.717, 1.165) is 31.7 Å². The first-order valence-electron chi connectivity index (χ1n) is 10.7. The zero-order valence-corrected chi connectivity index (χ0v) is 17.7. The Hall–Kier alpha value is -3.11. The Morgan fingerprint density at radius 2 is 1.33 bits per heavy atom. The fourth-order valence-electron chi connectivity index (χ4n) is 4.61. The number of hydrazone groups is 1. The van der Waals surface area contributed by atoms with E-state index in [1.165, 1.54) is 27.9 Å². The second-order valence-corrected chi connectivity index (χ2v) is 8.30. The molecule has 1 saturated heterocycles. The molecule has 152 valence electrons. The molecular weight excluding hydrogens is 368 g/mol. The molecule has 4 heteroatoms. The second kappa shape index (κ2) is 7.96. The SMILES string of the molecule is CN(C)c1ccc(/C=N/N2CCN(C3c4ccccc4-c4ccccc43)CC2)cc1. The number of piperazine rings is 1. The smallest absolute Gasteiger partial charge is 0.0615 e. The molecule has 3 aromatic carbocycles. The summed E-state index contributed by atoms with van der Waals surface area (Å²) < 4.78 is 0. The normalized spacial score (nSPS) is 16.7. The van der Waals surface area contributed by atoms with Crippen LogP contribution in [0.3, 0.4) is 0 Å². The molecule has 4 nitrogen and oxygen atoms in total. The van der Waals surface area contributed by atoms with Crippen LogP contribution >= 0.6 is 0 Å². The van der Waals surface area contributed by atoms with E-state index in [0.29, 0.717) is 6.04 Å². The van der Waals surface area contributed by atoms with Gasteiger partial charge < -0.3 is 4.90 Å². The predicted molar refractivity (Wildman–Crippen MR) is 125 cm³/mol. The average Bonchev–Trinajstić information content (AvgIpc) is 3.13. The summed E-state index contributed by atoms with van der Waals surface area (Å²) in [6.45, 7) is 3.94. The molecule has 1 aliphatic heterocycles. The van der Waals surface area contributed by atoms with Gasteiger partial charge in [-0.15, -0.1) is 0 Å². The van der Waals surface area contributed by atoms with E-state index in [-0.39, 0.29) is 0 Å². The van der Waals surface area contributed by atoms with Crippen molar-refractivity contribution in [3.63, 3.8) is 0 Å². The minimum atomic E-state index is 0.363. The molecule has 0 radical (unpaired) electrons. The van der Waals surface area contributed by atoms with Crippen molar-refractivity contribution in [1.29, 1.82) is 0 Å². The topological polar surface area (TPSA) is 22.1 Å². The molecule has 0 unspecified atom stereocenters. The van der Waals surface area contributed by atoms with E-state index >= 15 is 0 Å². The third kappa shape index (κ3) is 3.48. The van der Waals surface area contributed by atoms with Crippen molar-refractivity contribution in [2.75, 3.05) is 45.2 Å². The van der Waals surface area contributed by atoms with E-state index < -0.39 is 0 Å². The van der Waals surface area contributed by atoms with E-state index in [1.54, 1.807) is 0 Å². The van der Waals surface area contributed by atoms with Crippen molar-refractivity contribution in [2.24, 2.45) is 5.10 Å². The van der Waals surface area contributed by atoms with Gasteiger partial charge in [-0.05, 0) is 39.9 Å². The minimum Gasteiger partial charge on any atom is -0.378 e. The molecule has 1 heterocycles. The number of rotatable bonds is 4. The molecule has 0 amide bonds. The van der Waals surface area contributed by atoms with Crippen LogP contribution in [0.5, 0.6) is 0 Å². The number of anilines is 1. The van der Waals surface area contributed by atoms with Gasteiger partial charge in [-0.2, -0.15) is 5.10 Å². The van der Waals surface area contributed by atoms with Gasteiger partial charge in [0.15, 0.2) is 0 Å². The lowest BCUT2D eigenvalue weighted by atomic mass is 10.0. The Bertz CT molecular complexity index is 1000. The first-order valence-corrected chi connectivity index (χ1v) is 10.7. The van der Waals surface area contributed by atoms with Gasteiger partial charge in [0.2, 0.25) is 0 Å². The molecule has 30 heavy (non-hydrogen) atoms. The Kier molecular flexibility index (Phi) is 5.01. The van der Waals surface area contributed by atoms with E-state index in [4.69, 9.17) is 5.10 Å². The van der Waals surface area contributed by atoms with Gasteiger partial charge >= 0.3 is 0 Å². The molecule has 0 aromatic heterocycles. The lowest BCUT2D eigenvalue weighted by molar-refractivity contribution is 0.114. The van der Waals surface area contributed by atoms with Crippen molar-refractivity contribution in [3.05, 3.63) is 89.5 Å². The number of nitrogens with zero attached hydrogens (tertiary/aromatic N) is 4. The van der Waals surface area contributed by atoms with Crippen LogP contribution in [0.1, 0.15) is 22.7 Å². The highest BCUT2D eigenvalue weighted by Crippen LogP contribution is 2.46. The third-order valence-corrected chi connectivity index (χ3v) is 6.24. The lowest BCUT2D eigenvalue weighted by Crippen LogP contribution is -2.45. The molecule has 1 fully saturated rings. The van der Waals surface area contributed by atoms with Gasteiger partial charge in [0, 0.05) is 46.0 Å². The van der Waals surface area contributed by atoms with Crippen LogP contribution < -0.4 is 4.90 Å². The summed E-state index contributed by atoms with van der Waals surface area (Å²) in [7, 11) is 4.12. The Morgan fingerprint density at radius 3 is 1.90 bits per heavy atom. The standard InChI is InChI=1S/C26H28N4/c1-28(2)21-13-11-20(12-14-21)19-27-30-17-15-29(16-18-30)26-24-9-5-3-7-22(24)23-8-4-6-10-25(23)26/h3-14,19,26H,15-18H2,1-2H3/b27-19+. The summed E-state index contributed by atoms with van der Waals surface area (Å²) in [6, 6.07) is 26.6. The van der Waals surface area contributed by atoms with Gasteiger partial charge in [-0.25, -0.2) is 0 Å². The molecule has 5 rings (SSSR count). The van der Waals surface area contributed by atoms with Gasteiger partial charge in [0.25, 0.3) is 0 Å². The molecule has 1 aliphatic carbocycles. The molecule has 0 bridgehead atoms. The maximum absolute atomic E-state index is 4.75. The Morgan fingerprint density at radius 1 is 0.767 bits per heavy atom. The molecule has 0 spiro atoms. The van der Waals surface area contributed by atoms with Crippen molar-refractivity contribution in [2.45, 2.75) is 6.04 Å². The first-order chi connectivity index (χ1) is 14.7. The van der Waals surface area contributed by atoms with Crippen LogP contribution in [0.2, 0.25) is 0 Å². The van der Waals surface area contributed by atoms with Crippen LogP contribution in [-0.4, -0.2) is 56.4 Å². The van der Waals surface area contributed by atoms with Crippen LogP contribution in [-0.2, 0) is 0 Å². The quantitative estimate of drug-likeness (QED) is 0.608. The molecule has 0 atom stereocenters. The van der Waals surface area contributed by atoms with Crippen LogP contribution in [0.15, 0.2) is 77.9 Å². The summed E-state index contributed by atoms with van der Waals surface area (Å²) in [5.74, 6) is 0. The number of hydrogen-bond acceptors (Lipinski definition) is 4. The van der Waals surface area contributed by atoms with Gasteiger partial charge in [-0.1, -0.05) is 60.7 Å². The number of hydrogen-bond donors (Lipinski definition) is 0. The van der Waals surface area contributed by atoms with Crippen LogP contribution in [0.25, 0.3) is 11.1 Å². The maximum atomic E-state index is 4.75. The van der Waals surface area contributed by atoms with Crippen molar-refractivity contribution in [3.8, 4) is 11.1 Å². The fraction of sp³-hybridized carbons (Fsp3) is 0.269. The van der Waals surface area contributed by atoms with E-state index in [1.807, 2.05) is 6.21 Å². The molecule has 0 saturated carbocycles. The monoisotopic (exact) mass is 396 g/mol. The summed E-state index contributed by atoms with van der Waals surface area (Å²) in [5.41, 5.74) is 8.01. The maximum Gasteiger partial charge on any atom is 0.0615 e. The second-order valence-electron chi connectivity index (χ2n) is 8.30. The highest BCUT2D eigenvalue weighted by molar-refractivity contribution is 5.80. The third-order valence-electron chi connectivity index (χ3n) is 6.24. The molecule has 2 aliphatic rings. The fourth-order valence-corrected chi connectivity index (χ4v) is 4.61. The van der Waals surface area contributed by atoms with Crippen molar-refractivity contribution in [1.82, 2.24) is 9.91 Å². The first kappa shape index (κ1) is 18.9. The zero-order valence-electron chi connectivity index (χ0n) is 17.7. The summed E-state index contributed by atoms with van der Waals surface area (Å²) >= 11 is 0. The Labute approximate surface area is 179 Å². The van der Waals surface area contributed by atoms with E-state index in [9.17, 15) is 0 Å². The number of benzene rings is 3. The highest BCUT2D eigenvalue weighted by atomic mass is 15.5. The molecule has 3 aromatic rings. The van der Waals surface area contributed by atoms with Gasteiger partial charge in [0.1, 0.15) is 0 Å². The molecule has 0 N–H and O–H groups in total. The highest BCUT2D eigenvalue weighted by Gasteiger charge is 2.33. The van der Waals surface area contributed by atoms with Gasteiger partial charge in [0.05, 0.1) is 12.3 Å². The lowest BCUT2D eigenvalue weighted by Gasteiger charge is -2.37. The largest absolute Gasteiger partial charge is 0.378 e. The number of fused-ring (bicyclic) bond motifs is 3. The minimum absolute atomic E-state index is 0.363. The van der Waals surface area contributed by atoms with Crippen molar-refractivity contribution >= 4 is 11.9 Å². The Balaban J connectivity index is 1.27. The van der Waals surface area contributed by atoms with E-state index in [2.05, 4.69) is 102 Å². The summed E-state index contributed by atoms with van der Waals surface area (Å²) in [6.07, 6.45) is 1.98. The average molecular weight is 397 g/mol.